The Hall–Kier alpha value is -1.28. The van der Waals surface area contributed by atoms with E-state index in [0.717, 1.165) is 18.4 Å². The van der Waals surface area contributed by atoms with Gasteiger partial charge >= 0.3 is 0 Å². The zero-order valence-corrected chi connectivity index (χ0v) is 8.39. The van der Waals surface area contributed by atoms with E-state index in [1.165, 1.54) is 0 Å². The fourth-order valence-corrected chi connectivity index (χ4v) is 1.95. The van der Waals surface area contributed by atoms with E-state index in [2.05, 4.69) is 20.8 Å². The fraction of sp³-hybridized carbons (Fsp3) is 0.636. The predicted octanol–water partition coefficient (Wildman–Crippen LogP) is 2.79. The minimum Gasteiger partial charge on any atom is -0.192 e. The summed E-state index contributed by atoms with van der Waals surface area (Å²) in [5.41, 5.74) is 1.40. The van der Waals surface area contributed by atoms with Crippen LogP contribution in [0.2, 0.25) is 0 Å². The molecule has 2 heteroatoms. The number of nitrogens with zero attached hydrogens (tertiary/aromatic N) is 2. The van der Waals surface area contributed by atoms with Crippen molar-refractivity contribution in [2.75, 3.05) is 0 Å². The predicted molar refractivity (Wildman–Crippen MR) is 50.4 cm³/mol. The number of hydrogen-bond acceptors (Lipinski definition) is 2. The molecule has 1 atom stereocenters. The van der Waals surface area contributed by atoms with Crippen molar-refractivity contribution in [3.05, 3.63) is 11.1 Å². The molecule has 0 amide bonds. The molecule has 13 heavy (non-hydrogen) atoms. The molecule has 0 aliphatic heterocycles. The maximum absolute atomic E-state index is 8.77. The highest BCUT2D eigenvalue weighted by Crippen LogP contribution is 2.47. The summed E-state index contributed by atoms with van der Waals surface area (Å²) in [6.45, 7) is 6.42. The summed E-state index contributed by atoms with van der Waals surface area (Å²) in [6, 6.07) is 3.98. The van der Waals surface area contributed by atoms with E-state index < -0.39 is 0 Å². The molecule has 68 valence electrons. The van der Waals surface area contributed by atoms with Crippen molar-refractivity contribution in [3.8, 4) is 12.1 Å². The van der Waals surface area contributed by atoms with Gasteiger partial charge in [-0.25, -0.2) is 0 Å². The van der Waals surface area contributed by atoms with Crippen LogP contribution in [0.15, 0.2) is 11.1 Å². The quantitative estimate of drug-likeness (QED) is 0.530. The van der Waals surface area contributed by atoms with Crippen LogP contribution >= 0.6 is 0 Å². The summed E-state index contributed by atoms with van der Waals surface area (Å²) in [5, 5.41) is 17.5. The van der Waals surface area contributed by atoms with Crippen LogP contribution < -0.4 is 0 Å². The maximum atomic E-state index is 8.77. The number of rotatable bonds is 0. The first-order chi connectivity index (χ1) is 6.04. The van der Waals surface area contributed by atoms with Gasteiger partial charge in [-0.05, 0) is 29.7 Å². The Morgan fingerprint density at radius 2 is 1.92 bits per heavy atom. The molecule has 2 nitrogen and oxygen atoms in total. The standard InChI is InChI=1S/C11H14N2/c1-8-4-5-10(11(8,2)3)9(6-12)7-13/h8H,4-5H2,1-3H3/t8-/m0/s1. The third-order valence-corrected chi connectivity index (χ3v) is 3.36. The zero-order valence-electron chi connectivity index (χ0n) is 8.39. The van der Waals surface area contributed by atoms with Crippen LogP contribution in [0.25, 0.3) is 0 Å². The van der Waals surface area contributed by atoms with Gasteiger partial charge in [0.1, 0.15) is 17.7 Å². The van der Waals surface area contributed by atoms with Crippen LogP contribution in [-0.4, -0.2) is 0 Å². The van der Waals surface area contributed by atoms with Gasteiger partial charge in [0.25, 0.3) is 0 Å². The SMILES string of the molecule is C[C@H]1CCC(=C(C#N)C#N)C1(C)C. The summed E-state index contributed by atoms with van der Waals surface area (Å²) >= 11 is 0. The smallest absolute Gasteiger partial charge is 0.129 e. The minimum absolute atomic E-state index is 0.0286. The zero-order chi connectivity index (χ0) is 10.1. The molecular weight excluding hydrogens is 160 g/mol. The molecule has 1 aliphatic carbocycles. The third-order valence-electron chi connectivity index (χ3n) is 3.36. The van der Waals surface area contributed by atoms with Gasteiger partial charge in [0.15, 0.2) is 0 Å². The highest BCUT2D eigenvalue weighted by atomic mass is 14.4. The van der Waals surface area contributed by atoms with Crippen molar-refractivity contribution in [2.45, 2.75) is 33.6 Å². The Morgan fingerprint density at radius 1 is 1.38 bits per heavy atom. The second kappa shape index (κ2) is 3.23. The van der Waals surface area contributed by atoms with Gasteiger partial charge in [-0.1, -0.05) is 20.8 Å². The maximum Gasteiger partial charge on any atom is 0.129 e. The lowest BCUT2D eigenvalue weighted by molar-refractivity contribution is 0.331. The average molecular weight is 174 g/mol. The Kier molecular flexibility index (Phi) is 2.43. The molecule has 0 heterocycles. The van der Waals surface area contributed by atoms with Gasteiger partial charge in [0, 0.05) is 0 Å². The topological polar surface area (TPSA) is 47.6 Å². The monoisotopic (exact) mass is 174 g/mol. The fourth-order valence-electron chi connectivity index (χ4n) is 1.95. The van der Waals surface area contributed by atoms with Crippen molar-refractivity contribution in [2.24, 2.45) is 11.3 Å². The first-order valence-corrected chi connectivity index (χ1v) is 4.58. The Morgan fingerprint density at radius 3 is 2.23 bits per heavy atom. The lowest BCUT2D eigenvalue weighted by atomic mass is 9.78. The van der Waals surface area contributed by atoms with Crippen molar-refractivity contribution in [1.29, 1.82) is 10.5 Å². The summed E-state index contributed by atoms with van der Waals surface area (Å²) in [4.78, 5) is 0. The van der Waals surface area contributed by atoms with Crippen LogP contribution in [0.4, 0.5) is 0 Å². The van der Waals surface area contributed by atoms with E-state index in [9.17, 15) is 0 Å². The first-order valence-electron chi connectivity index (χ1n) is 4.58. The molecule has 0 unspecified atom stereocenters. The summed E-state index contributed by atoms with van der Waals surface area (Å²) < 4.78 is 0. The Balaban J connectivity index is 3.18. The number of hydrogen-bond donors (Lipinski definition) is 0. The summed E-state index contributed by atoms with van der Waals surface area (Å²) in [5.74, 6) is 0.569. The van der Waals surface area contributed by atoms with Crippen molar-refractivity contribution in [1.82, 2.24) is 0 Å². The molecule has 0 N–H and O–H groups in total. The molecule has 1 saturated carbocycles. The Labute approximate surface area is 79.5 Å². The van der Waals surface area contributed by atoms with E-state index in [1.54, 1.807) is 0 Å². The largest absolute Gasteiger partial charge is 0.192 e. The second-order valence-corrected chi connectivity index (χ2v) is 4.24. The van der Waals surface area contributed by atoms with Gasteiger partial charge in [-0.2, -0.15) is 10.5 Å². The Bertz CT molecular complexity index is 307. The normalized spacial score (nSPS) is 25.0. The third kappa shape index (κ3) is 1.45. The first kappa shape index (κ1) is 9.81. The second-order valence-electron chi connectivity index (χ2n) is 4.24. The van der Waals surface area contributed by atoms with Crippen LogP contribution in [0.3, 0.4) is 0 Å². The summed E-state index contributed by atoms with van der Waals surface area (Å²) in [6.07, 6.45) is 2.00. The summed E-state index contributed by atoms with van der Waals surface area (Å²) in [7, 11) is 0. The lowest BCUT2D eigenvalue weighted by Gasteiger charge is -2.25. The van der Waals surface area contributed by atoms with Crippen LogP contribution in [-0.2, 0) is 0 Å². The number of nitriles is 2. The average Bonchev–Trinajstić information content (AvgIpc) is 2.34. The van der Waals surface area contributed by atoms with Crippen molar-refractivity contribution >= 4 is 0 Å². The van der Waals surface area contributed by atoms with Crippen molar-refractivity contribution < 1.29 is 0 Å². The molecule has 1 fully saturated rings. The molecule has 0 saturated heterocycles. The molecule has 0 aromatic rings. The van der Waals surface area contributed by atoms with Crippen LogP contribution in [0.5, 0.6) is 0 Å². The minimum atomic E-state index is 0.0286. The molecule has 0 aromatic carbocycles. The molecule has 0 aromatic heterocycles. The number of allylic oxidation sites excluding steroid dienone is 2. The molecule has 1 aliphatic rings. The molecule has 0 spiro atoms. The van der Waals surface area contributed by atoms with E-state index >= 15 is 0 Å². The van der Waals surface area contributed by atoms with Gasteiger partial charge in [0.2, 0.25) is 0 Å². The van der Waals surface area contributed by atoms with Crippen LogP contribution in [0.1, 0.15) is 33.6 Å². The van der Waals surface area contributed by atoms with Gasteiger partial charge in [-0.15, -0.1) is 0 Å². The van der Waals surface area contributed by atoms with E-state index in [1.807, 2.05) is 12.1 Å². The van der Waals surface area contributed by atoms with Gasteiger partial charge in [-0.3, -0.25) is 0 Å². The van der Waals surface area contributed by atoms with E-state index in [-0.39, 0.29) is 5.41 Å². The molecular formula is C11H14N2. The van der Waals surface area contributed by atoms with Gasteiger partial charge in [0.05, 0.1) is 0 Å². The van der Waals surface area contributed by atoms with E-state index in [0.29, 0.717) is 11.5 Å². The van der Waals surface area contributed by atoms with Crippen LogP contribution in [0, 0.1) is 34.0 Å². The van der Waals surface area contributed by atoms with Gasteiger partial charge < -0.3 is 0 Å². The highest BCUT2D eigenvalue weighted by molar-refractivity contribution is 5.44. The molecule has 1 rings (SSSR count). The molecule has 0 radical (unpaired) electrons. The molecule has 0 bridgehead atoms. The lowest BCUT2D eigenvalue weighted by Crippen LogP contribution is -2.17. The highest BCUT2D eigenvalue weighted by Gasteiger charge is 2.37. The van der Waals surface area contributed by atoms with E-state index in [4.69, 9.17) is 10.5 Å². The van der Waals surface area contributed by atoms with Crippen molar-refractivity contribution in [3.63, 3.8) is 0 Å².